The van der Waals surface area contributed by atoms with Crippen LogP contribution in [0.2, 0.25) is 5.32 Å². The average molecular weight is 392 g/mol. The van der Waals surface area contributed by atoms with Crippen LogP contribution in [0.15, 0.2) is 30.3 Å². The summed E-state index contributed by atoms with van der Waals surface area (Å²) in [5, 5.41) is 1.22. The van der Waals surface area contributed by atoms with Gasteiger partial charge in [-0.1, -0.05) is 0 Å². The van der Waals surface area contributed by atoms with E-state index >= 15 is 0 Å². The Morgan fingerprint density at radius 2 is 1.96 bits per heavy atom. The molecule has 0 saturated heterocycles. The molecular formula is C20H27NO2Se. The summed E-state index contributed by atoms with van der Waals surface area (Å²) in [5.41, 5.74) is 0.154. The van der Waals surface area contributed by atoms with E-state index < -0.39 is 5.92 Å². The number of rotatable bonds is 4. The van der Waals surface area contributed by atoms with Crippen LogP contribution in [0.3, 0.4) is 0 Å². The summed E-state index contributed by atoms with van der Waals surface area (Å²) in [4.78, 5) is 26.7. The standard InChI is InChI=1S/C20H27NO2Se/c1-20-12-11-17(22)18(19(23)21(2)3)16(20)10-9-14(20)13-24-15-7-5-4-6-8-15/h4-8,14,16,18H,9-13H2,1-3H3/t14-,16-,18-,20-/m1/s1. The first-order chi connectivity index (χ1) is 11.4. The number of ketones is 1. The molecule has 24 heavy (non-hydrogen) atoms. The summed E-state index contributed by atoms with van der Waals surface area (Å²) < 4.78 is 1.45. The maximum absolute atomic E-state index is 12.6. The Bertz CT molecular complexity index is 615. The minimum absolute atomic E-state index is 0.0187. The third-order valence-corrected chi connectivity index (χ3v) is 8.63. The number of amides is 1. The van der Waals surface area contributed by atoms with Crippen molar-refractivity contribution in [1.29, 1.82) is 0 Å². The number of carbonyl (C=O) groups is 2. The van der Waals surface area contributed by atoms with E-state index in [1.54, 1.807) is 19.0 Å². The number of nitrogens with zero attached hydrogens (tertiary/aromatic N) is 1. The molecule has 0 N–H and O–H groups in total. The van der Waals surface area contributed by atoms with Gasteiger partial charge >= 0.3 is 151 Å². The van der Waals surface area contributed by atoms with Crippen LogP contribution in [-0.2, 0) is 9.59 Å². The van der Waals surface area contributed by atoms with E-state index in [4.69, 9.17) is 0 Å². The Kier molecular flexibility index (Phi) is 5.17. The number of hydrogen-bond acceptors (Lipinski definition) is 2. The first-order valence-electron chi connectivity index (χ1n) is 8.85. The van der Waals surface area contributed by atoms with Crippen LogP contribution >= 0.6 is 0 Å². The molecule has 0 heterocycles. The van der Waals surface area contributed by atoms with E-state index in [-0.39, 0.29) is 23.0 Å². The van der Waals surface area contributed by atoms with Gasteiger partial charge in [0.1, 0.15) is 0 Å². The second-order valence-corrected chi connectivity index (χ2v) is 9.98. The molecule has 0 aliphatic heterocycles. The molecule has 1 aromatic carbocycles. The van der Waals surface area contributed by atoms with Gasteiger partial charge in [-0.25, -0.2) is 0 Å². The van der Waals surface area contributed by atoms with Gasteiger partial charge in [-0.15, -0.1) is 0 Å². The third kappa shape index (κ3) is 3.19. The summed E-state index contributed by atoms with van der Waals surface area (Å²) in [6.45, 7) is 2.35. The van der Waals surface area contributed by atoms with Crippen molar-refractivity contribution >= 4 is 31.1 Å². The van der Waals surface area contributed by atoms with Crippen molar-refractivity contribution in [3.8, 4) is 0 Å². The molecule has 2 fully saturated rings. The zero-order valence-electron chi connectivity index (χ0n) is 14.8. The van der Waals surface area contributed by atoms with Crippen molar-refractivity contribution < 1.29 is 9.59 Å². The number of fused-ring (bicyclic) bond motifs is 1. The molecule has 2 aliphatic carbocycles. The fraction of sp³-hybridized carbons (Fsp3) is 0.600. The summed E-state index contributed by atoms with van der Waals surface area (Å²) in [7, 11) is 3.54. The van der Waals surface area contributed by atoms with Crippen LogP contribution < -0.4 is 4.46 Å². The van der Waals surface area contributed by atoms with Gasteiger partial charge in [0.2, 0.25) is 0 Å². The number of Topliss-reactive ketones (excluding diaryl/α,β-unsaturated/α-hetero) is 1. The summed E-state index contributed by atoms with van der Waals surface area (Å²) in [5.74, 6) is 0.682. The Morgan fingerprint density at radius 3 is 2.62 bits per heavy atom. The van der Waals surface area contributed by atoms with Crippen molar-refractivity contribution in [3.05, 3.63) is 30.3 Å². The van der Waals surface area contributed by atoms with Gasteiger partial charge < -0.3 is 0 Å². The number of hydrogen-bond donors (Lipinski definition) is 0. The molecule has 3 rings (SSSR count). The third-order valence-electron chi connectivity index (χ3n) is 6.17. The molecule has 2 aliphatic rings. The fourth-order valence-electron chi connectivity index (χ4n) is 4.63. The topological polar surface area (TPSA) is 37.4 Å². The molecule has 0 radical (unpaired) electrons. The van der Waals surface area contributed by atoms with E-state index in [0.717, 1.165) is 12.8 Å². The summed E-state index contributed by atoms with van der Waals surface area (Å²) in [6.07, 6.45) is 3.73. The van der Waals surface area contributed by atoms with Crippen molar-refractivity contribution in [2.45, 2.75) is 37.9 Å². The number of benzene rings is 1. The molecule has 0 unspecified atom stereocenters. The van der Waals surface area contributed by atoms with Gasteiger partial charge in [0.25, 0.3) is 0 Å². The van der Waals surface area contributed by atoms with Crippen LogP contribution in [0.4, 0.5) is 0 Å². The molecule has 1 amide bonds. The maximum atomic E-state index is 12.6. The Labute approximate surface area is 151 Å². The van der Waals surface area contributed by atoms with Gasteiger partial charge in [0.05, 0.1) is 0 Å². The van der Waals surface area contributed by atoms with Gasteiger partial charge in [0.15, 0.2) is 0 Å². The van der Waals surface area contributed by atoms with E-state index in [9.17, 15) is 9.59 Å². The van der Waals surface area contributed by atoms with E-state index in [1.807, 2.05) is 0 Å². The second-order valence-electron chi connectivity index (χ2n) is 7.69. The Hall–Kier alpha value is -1.12. The van der Waals surface area contributed by atoms with E-state index in [1.165, 1.54) is 16.2 Å². The predicted molar refractivity (Wildman–Crippen MR) is 97.4 cm³/mol. The summed E-state index contributed by atoms with van der Waals surface area (Å²) >= 11 is 0.479. The Morgan fingerprint density at radius 1 is 1.25 bits per heavy atom. The van der Waals surface area contributed by atoms with Gasteiger partial charge in [0, 0.05) is 0 Å². The zero-order chi connectivity index (χ0) is 17.3. The normalized spacial score (nSPS) is 32.5. The van der Waals surface area contributed by atoms with Crippen LogP contribution in [0, 0.1) is 23.2 Å². The number of carbonyl (C=O) groups excluding carboxylic acids is 2. The molecule has 0 spiro atoms. The quantitative estimate of drug-likeness (QED) is 0.583. The van der Waals surface area contributed by atoms with Crippen molar-refractivity contribution in [2.75, 3.05) is 14.1 Å². The molecule has 4 heteroatoms. The minimum atomic E-state index is -0.395. The van der Waals surface area contributed by atoms with E-state index in [0.29, 0.717) is 27.3 Å². The van der Waals surface area contributed by atoms with Crippen molar-refractivity contribution in [3.63, 3.8) is 0 Å². The van der Waals surface area contributed by atoms with Crippen LogP contribution in [-0.4, -0.2) is 45.6 Å². The zero-order valence-corrected chi connectivity index (χ0v) is 16.5. The van der Waals surface area contributed by atoms with Crippen LogP contribution in [0.25, 0.3) is 0 Å². The monoisotopic (exact) mass is 393 g/mol. The van der Waals surface area contributed by atoms with E-state index in [2.05, 4.69) is 37.3 Å². The first kappa shape index (κ1) is 17.7. The SMILES string of the molecule is CN(C)C(=O)[C@H]1C(=O)CC[C@]2(C)[C@@H](C[Se]c3ccccc3)CC[C@H]12. The molecular weight excluding hydrogens is 365 g/mol. The second kappa shape index (κ2) is 7.01. The molecule has 4 atom stereocenters. The molecule has 130 valence electrons. The van der Waals surface area contributed by atoms with Crippen molar-refractivity contribution in [1.82, 2.24) is 4.90 Å². The Balaban J connectivity index is 1.75. The van der Waals surface area contributed by atoms with Crippen LogP contribution in [0.1, 0.15) is 32.6 Å². The van der Waals surface area contributed by atoms with Gasteiger partial charge in [-0.2, -0.15) is 0 Å². The molecule has 0 aromatic heterocycles. The van der Waals surface area contributed by atoms with Gasteiger partial charge in [-0.05, 0) is 0 Å². The average Bonchev–Trinajstić information content (AvgIpc) is 2.90. The predicted octanol–water partition coefficient (Wildman–Crippen LogP) is 2.53. The van der Waals surface area contributed by atoms with Crippen LogP contribution in [0.5, 0.6) is 0 Å². The summed E-state index contributed by atoms with van der Waals surface area (Å²) in [6, 6.07) is 10.7. The fourth-order valence-corrected chi connectivity index (χ4v) is 7.34. The van der Waals surface area contributed by atoms with Gasteiger partial charge in [-0.3, -0.25) is 0 Å². The van der Waals surface area contributed by atoms with Crippen molar-refractivity contribution in [2.24, 2.45) is 23.2 Å². The molecule has 0 bridgehead atoms. The molecule has 3 nitrogen and oxygen atoms in total. The first-order valence-corrected chi connectivity index (χ1v) is 10.9. The molecule has 2 saturated carbocycles. The molecule has 1 aromatic rings.